The highest BCUT2D eigenvalue weighted by atomic mass is 79.9. The summed E-state index contributed by atoms with van der Waals surface area (Å²) in [6.07, 6.45) is 8.27. The Kier molecular flexibility index (Phi) is 4.78. The molecule has 0 radical (unpaired) electrons. The zero-order valence-corrected chi connectivity index (χ0v) is 11.7. The number of hydrogen-bond acceptors (Lipinski definition) is 1. The minimum Gasteiger partial charge on any atom is -0.303 e. The van der Waals surface area contributed by atoms with Gasteiger partial charge in [0, 0.05) is 10.4 Å². The van der Waals surface area contributed by atoms with E-state index in [0.29, 0.717) is 5.92 Å². The minimum absolute atomic E-state index is 0.346. The zero-order chi connectivity index (χ0) is 12.1. The zero-order valence-electron chi connectivity index (χ0n) is 10.1. The van der Waals surface area contributed by atoms with Gasteiger partial charge in [-0.15, -0.1) is 0 Å². The molecule has 1 fully saturated rings. The highest BCUT2D eigenvalue weighted by Crippen LogP contribution is 2.30. The van der Waals surface area contributed by atoms with Gasteiger partial charge in [0.15, 0.2) is 0 Å². The molecule has 1 aliphatic rings. The van der Waals surface area contributed by atoms with Crippen molar-refractivity contribution in [2.24, 2.45) is 11.8 Å². The van der Waals surface area contributed by atoms with Crippen LogP contribution in [0.1, 0.15) is 37.7 Å². The van der Waals surface area contributed by atoms with Crippen LogP contribution in [0, 0.1) is 11.8 Å². The second-order valence-corrected chi connectivity index (χ2v) is 6.00. The van der Waals surface area contributed by atoms with E-state index in [-0.39, 0.29) is 0 Å². The smallest absolute Gasteiger partial charge is 0.123 e. The lowest BCUT2D eigenvalue weighted by molar-refractivity contribution is -0.112. The standard InChI is InChI=1S/C15H19BrO/c16-15-9-7-13(8-10-15)2-1-12-3-5-14(11-17)6-4-12/h7-12,14H,1-6H2. The first-order valence-corrected chi connectivity index (χ1v) is 7.27. The van der Waals surface area contributed by atoms with Crippen LogP contribution in [0.15, 0.2) is 28.7 Å². The highest BCUT2D eigenvalue weighted by Gasteiger charge is 2.20. The molecule has 1 saturated carbocycles. The van der Waals surface area contributed by atoms with Crippen LogP contribution in [-0.4, -0.2) is 6.29 Å². The van der Waals surface area contributed by atoms with Crippen molar-refractivity contribution in [3.05, 3.63) is 34.3 Å². The van der Waals surface area contributed by atoms with Crippen molar-refractivity contribution in [3.63, 3.8) is 0 Å². The molecule has 0 amide bonds. The molecule has 0 bridgehead atoms. The second-order valence-electron chi connectivity index (χ2n) is 5.08. The summed E-state index contributed by atoms with van der Waals surface area (Å²) in [6, 6.07) is 8.61. The van der Waals surface area contributed by atoms with Crippen molar-refractivity contribution in [2.45, 2.75) is 38.5 Å². The lowest BCUT2D eigenvalue weighted by Crippen LogP contribution is -2.15. The number of carbonyl (C=O) groups excluding carboxylic acids is 1. The van der Waals surface area contributed by atoms with Crippen LogP contribution >= 0.6 is 15.9 Å². The summed E-state index contributed by atoms with van der Waals surface area (Å²) >= 11 is 3.45. The van der Waals surface area contributed by atoms with E-state index in [2.05, 4.69) is 40.2 Å². The van der Waals surface area contributed by atoms with Crippen LogP contribution in [0.2, 0.25) is 0 Å². The first-order valence-electron chi connectivity index (χ1n) is 6.47. The molecule has 1 aromatic carbocycles. The Labute approximate surface area is 112 Å². The van der Waals surface area contributed by atoms with Gasteiger partial charge in [-0.1, -0.05) is 28.1 Å². The van der Waals surface area contributed by atoms with Crippen molar-refractivity contribution in [1.82, 2.24) is 0 Å². The molecule has 0 aliphatic heterocycles. The van der Waals surface area contributed by atoms with E-state index in [1.807, 2.05) is 0 Å². The summed E-state index contributed by atoms with van der Waals surface area (Å²) in [4.78, 5) is 10.7. The van der Waals surface area contributed by atoms with Crippen LogP contribution in [0.4, 0.5) is 0 Å². The van der Waals surface area contributed by atoms with Gasteiger partial charge in [0.2, 0.25) is 0 Å². The van der Waals surface area contributed by atoms with E-state index in [1.54, 1.807) is 0 Å². The van der Waals surface area contributed by atoms with Crippen molar-refractivity contribution in [2.75, 3.05) is 0 Å². The molecular formula is C15H19BrO. The maximum absolute atomic E-state index is 10.7. The first kappa shape index (κ1) is 12.8. The number of hydrogen-bond donors (Lipinski definition) is 0. The molecule has 0 N–H and O–H groups in total. The third-order valence-electron chi connectivity index (χ3n) is 3.84. The summed E-state index contributed by atoms with van der Waals surface area (Å²) in [7, 11) is 0. The van der Waals surface area contributed by atoms with E-state index in [9.17, 15) is 4.79 Å². The van der Waals surface area contributed by atoms with E-state index < -0.39 is 0 Å². The Hall–Kier alpha value is -0.630. The van der Waals surface area contributed by atoms with E-state index >= 15 is 0 Å². The Morgan fingerprint density at radius 1 is 1.12 bits per heavy atom. The molecule has 0 aromatic heterocycles. The molecule has 1 nitrogen and oxygen atoms in total. The predicted octanol–water partition coefficient (Wildman–Crippen LogP) is 4.39. The molecule has 17 heavy (non-hydrogen) atoms. The minimum atomic E-state index is 0.346. The number of carbonyl (C=O) groups is 1. The summed E-state index contributed by atoms with van der Waals surface area (Å²) < 4.78 is 1.15. The fraction of sp³-hybridized carbons (Fsp3) is 0.533. The van der Waals surface area contributed by atoms with Crippen LogP contribution in [0.25, 0.3) is 0 Å². The van der Waals surface area contributed by atoms with E-state index in [4.69, 9.17) is 0 Å². The number of rotatable bonds is 4. The van der Waals surface area contributed by atoms with Crippen molar-refractivity contribution < 1.29 is 4.79 Å². The number of halogens is 1. The van der Waals surface area contributed by atoms with Gasteiger partial charge in [0.25, 0.3) is 0 Å². The Balaban J connectivity index is 1.75. The van der Waals surface area contributed by atoms with Gasteiger partial charge < -0.3 is 4.79 Å². The lowest BCUT2D eigenvalue weighted by atomic mass is 9.80. The van der Waals surface area contributed by atoms with Gasteiger partial charge in [0.05, 0.1) is 0 Å². The maximum Gasteiger partial charge on any atom is 0.123 e. The van der Waals surface area contributed by atoms with Gasteiger partial charge in [0.1, 0.15) is 6.29 Å². The quantitative estimate of drug-likeness (QED) is 0.753. The topological polar surface area (TPSA) is 17.1 Å². The fourth-order valence-electron chi connectivity index (χ4n) is 2.63. The van der Waals surface area contributed by atoms with Crippen molar-refractivity contribution >= 4 is 22.2 Å². The van der Waals surface area contributed by atoms with Crippen molar-refractivity contribution in [1.29, 1.82) is 0 Å². The highest BCUT2D eigenvalue weighted by molar-refractivity contribution is 9.10. The first-order chi connectivity index (χ1) is 8.28. The predicted molar refractivity (Wildman–Crippen MR) is 74.0 cm³/mol. The average Bonchev–Trinajstić information content (AvgIpc) is 2.39. The molecule has 92 valence electrons. The van der Waals surface area contributed by atoms with Gasteiger partial charge in [-0.3, -0.25) is 0 Å². The van der Waals surface area contributed by atoms with Gasteiger partial charge in [-0.05, 0) is 62.1 Å². The van der Waals surface area contributed by atoms with Crippen LogP contribution in [0.3, 0.4) is 0 Å². The Morgan fingerprint density at radius 3 is 2.35 bits per heavy atom. The van der Waals surface area contributed by atoms with Crippen LogP contribution in [-0.2, 0) is 11.2 Å². The van der Waals surface area contributed by atoms with E-state index in [1.165, 1.54) is 31.2 Å². The third-order valence-corrected chi connectivity index (χ3v) is 4.37. The SMILES string of the molecule is O=CC1CCC(CCc2ccc(Br)cc2)CC1. The third kappa shape index (κ3) is 3.95. The van der Waals surface area contributed by atoms with Crippen molar-refractivity contribution in [3.8, 4) is 0 Å². The molecule has 1 aromatic rings. The van der Waals surface area contributed by atoms with Crippen LogP contribution < -0.4 is 0 Å². The van der Waals surface area contributed by atoms with Crippen LogP contribution in [0.5, 0.6) is 0 Å². The molecule has 0 saturated heterocycles. The summed E-state index contributed by atoms with van der Waals surface area (Å²) in [5.74, 6) is 1.17. The monoisotopic (exact) mass is 294 g/mol. The van der Waals surface area contributed by atoms with Gasteiger partial charge in [-0.2, -0.15) is 0 Å². The lowest BCUT2D eigenvalue weighted by Gasteiger charge is -2.25. The number of aldehydes is 1. The number of aryl methyl sites for hydroxylation is 1. The summed E-state index contributed by atoms with van der Waals surface area (Å²) in [5, 5.41) is 0. The maximum atomic E-state index is 10.7. The summed E-state index contributed by atoms with van der Waals surface area (Å²) in [5.41, 5.74) is 1.42. The van der Waals surface area contributed by atoms with Gasteiger partial charge in [-0.25, -0.2) is 0 Å². The summed E-state index contributed by atoms with van der Waals surface area (Å²) in [6.45, 7) is 0. The normalized spacial score (nSPS) is 24.5. The molecule has 1 aliphatic carbocycles. The molecule has 0 spiro atoms. The molecule has 2 rings (SSSR count). The second kappa shape index (κ2) is 6.34. The fourth-order valence-corrected chi connectivity index (χ4v) is 2.90. The number of benzene rings is 1. The largest absolute Gasteiger partial charge is 0.303 e. The molecular weight excluding hydrogens is 276 g/mol. The van der Waals surface area contributed by atoms with E-state index in [0.717, 1.165) is 29.5 Å². The molecule has 0 unspecified atom stereocenters. The Morgan fingerprint density at radius 2 is 1.76 bits per heavy atom. The molecule has 2 heteroatoms. The average molecular weight is 295 g/mol. The van der Waals surface area contributed by atoms with Gasteiger partial charge >= 0.3 is 0 Å². The molecule has 0 heterocycles. The molecule has 0 atom stereocenters. The Bertz CT molecular complexity index is 350.